The Labute approximate surface area is 299 Å². The highest BCUT2D eigenvalue weighted by molar-refractivity contribution is 6.74. The van der Waals surface area contributed by atoms with Crippen LogP contribution in [0.15, 0.2) is 109 Å². The molecule has 1 unspecified atom stereocenters. The van der Waals surface area contributed by atoms with Crippen LogP contribution in [0.25, 0.3) is 10.9 Å². The molecule has 51 heavy (non-hydrogen) atoms. The molecule has 268 valence electrons. The van der Waals surface area contributed by atoms with E-state index in [1.165, 1.54) is 12.1 Å². The van der Waals surface area contributed by atoms with Crippen molar-refractivity contribution in [1.82, 2.24) is 4.57 Å². The summed E-state index contributed by atoms with van der Waals surface area (Å²) in [5, 5.41) is 24.1. The Morgan fingerprint density at radius 2 is 1.41 bits per heavy atom. The number of aromatic nitrogens is 1. The minimum Gasteiger partial charge on any atom is -0.497 e. The van der Waals surface area contributed by atoms with Crippen LogP contribution in [-0.4, -0.2) is 62.1 Å². The number of hydrogen-bond acceptors (Lipinski definition) is 8. The summed E-state index contributed by atoms with van der Waals surface area (Å²) in [6.45, 7) is 10.8. The maximum Gasteiger partial charge on any atom is 0.270 e. The molecule has 0 aliphatic carbocycles. The van der Waals surface area contributed by atoms with Gasteiger partial charge < -0.3 is 33.0 Å². The van der Waals surface area contributed by atoms with Gasteiger partial charge in [0.15, 0.2) is 14.5 Å². The molecule has 10 nitrogen and oxygen atoms in total. The van der Waals surface area contributed by atoms with Crippen molar-refractivity contribution in [2.75, 3.05) is 20.8 Å². The normalized spacial score (nSPS) is 19.7. The van der Waals surface area contributed by atoms with Gasteiger partial charge in [-0.2, -0.15) is 0 Å². The molecule has 4 atom stereocenters. The number of nitrogens with zero attached hydrogens (tertiary/aromatic N) is 2. The Morgan fingerprint density at radius 3 is 1.94 bits per heavy atom. The lowest BCUT2D eigenvalue weighted by Crippen LogP contribution is -2.50. The van der Waals surface area contributed by atoms with E-state index in [1.807, 2.05) is 83.4 Å². The van der Waals surface area contributed by atoms with Crippen LogP contribution in [0.1, 0.15) is 43.7 Å². The van der Waals surface area contributed by atoms with Crippen molar-refractivity contribution in [2.45, 2.75) is 69.0 Å². The topological polar surface area (TPSA) is 114 Å². The van der Waals surface area contributed by atoms with Gasteiger partial charge in [0.05, 0.1) is 31.3 Å². The van der Waals surface area contributed by atoms with E-state index in [0.717, 1.165) is 16.7 Å². The van der Waals surface area contributed by atoms with Gasteiger partial charge in [0, 0.05) is 23.7 Å². The number of benzene rings is 4. The predicted molar refractivity (Wildman–Crippen MR) is 199 cm³/mol. The summed E-state index contributed by atoms with van der Waals surface area (Å²) in [4.78, 5) is 11.1. The zero-order valence-electron chi connectivity index (χ0n) is 30.1. The lowest BCUT2D eigenvalue weighted by atomic mass is 9.80. The van der Waals surface area contributed by atoms with Crippen molar-refractivity contribution in [3.63, 3.8) is 0 Å². The second-order valence-corrected chi connectivity index (χ2v) is 19.2. The number of non-ortho nitro benzene ring substituents is 1. The Kier molecular flexibility index (Phi) is 10.1. The van der Waals surface area contributed by atoms with Crippen LogP contribution in [0.3, 0.4) is 0 Å². The number of fused-ring (bicyclic) bond motifs is 1. The van der Waals surface area contributed by atoms with E-state index in [2.05, 4.69) is 33.9 Å². The van der Waals surface area contributed by atoms with Gasteiger partial charge >= 0.3 is 0 Å². The Morgan fingerprint density at radius 1 is 0.843 bits per heavy atom. The molecule has 0 saturated carbocycles. The van der Waals surface area contributed by atoms with Crippen molar-refractivity contribution >= 4 is 24.9 Å². The molecule has 5 aromatic rings. The summed E-state index contributed by atoms with van der Waals surface area (Å²) in [5.41, 5.74) is 2.23. The standard InChI is InChI=1S/C40H46N2O8Si/c1-39(2,3)51(6,7)50-37-35(49-38(36(37)43)41-24-23-27-25-31(42(44)45)17-22-34(27)41)26-48-40(28-11-9-8-10-12-28,29-13-18-32(46-4)19-14-29)30-15-20-33(47-5)21-16-30/h8-25,35-38,43H,26H2,1-7H3/t35-,36+,37?,38-/m1/s1. The number of aliphatic hydroxyl groups is 1. The summed E-state index contributed by atoms with van der Waals surface area (Å²) in [5.74, 6) is 1.43. The first-order valence-corrected chi connectivity index (χ1v) is 19.9. The molecule has 1 N–H and O–H groups in total. The molecule has 1 aliphatic heterocycles. The number of ether oxygens (including phenoxy) is 4. The molecule has 1 saturated heterocycles. The minimum atomic E-state index is -2.44. The van der Waals surface area contributed by atoms with E-state index in [1.54, 1.807) is 32.5 Å². The van der Waals surface area contributed by atoms with Gasteiger partial charge in [-0.25, -0.2) is 0 Å². The van der Waals surface area contributed by atoms with Crippen LogP contribution in [0.5, 0.6) is 11.5 Å². The summed E-state index contributed by atoms with van der Waals surface area (Å²) >= 11 is 0. The van der Waals surface area contributed by atoms with Gasteiger partial charge in [-0.1, -0.05) is 75.4 Å². The molecule has 0 bridgehead atoms. The van der Waals surface area contributed by atoms with Crippen molar-refractivity contribution in [1.29, 1.82) is 0 Å². The van der Waals surface area contributed by atoms with Gasteiger partial charge in [0.2, 0.25) is 0 Å². The molecule has 1 fully saturated rings. The van der Waals surface area contributed by atoms with Crippen LogP contribution in [-0.2, 0) is 19.5 Å². The number of nitro groups is 1. The fourth-order valence-corrected chi connectivity index (χ4v) is 7.84. The van der Waals surface area contributed by atoms with E-state index in [-0.39, 0.29) is 17.3 Å². The number of rotatable bonds is 12. The van der Waals surface area contributed by atoms with Crippen molar-refractivity contribution < 1.29 is 33.4 Å². The van der Waals surface area contributed by atoms with Crippen LogP contribution in [0.4, 0.5) is 5.69 Å². The molecule has 1 aliphatic rings. The van der Waals surface area contributed by atoms with E-state index in [4.69, 9.17) is 23.4 Å². The van der Waals surface area contributed by atoms with E-state index < -0.39 is 43.4 Å². The fourth-order valence-electron chi connectivity index (χ4n) is 6.51. The highest BCUT2D eigenvalue weighted by Crippen LogP contribution is 2.45. The van der Waals surface area contributed by atoms with Gasteiger partial charge in [0.25, 0.3) is 5.69 Å². The number of nitro benzene ring substituents is 1. The zero-order valence-corrected chi connectivity index (χ0v) is 31.1. The first kappa shape index (κ1) is 36.3. The molecular weight excluding hydrogens is 665 g/mol. The average Bonchev–Trinajstić information content (AvgIpc) is 3.68. The zero-order chi connectivity index (χ0) is 36.6. The Hall–Kier alpha value is -4.52. The Balaban J connectivity index is 1.44. The summed E-state index contributed by atoms with van der Waals surface area (Å²) in [6.07, 6.45) is -1.52. The molecule has 0 spiro atoms. The van der Waals surface area contributed by atoms with E-state index in [9.17, 15) is 15.2 Å². The third-order valence-corrected chi connectivity index (χ3v) is 14.8. The van der Waals surface area contributed by atoms with Gasteiger partial charge in [-0.05, 0) is 71.2 Å². The van der Waals surface area contributed by atoms with Crippen LogP contribution in [0.2, 0.25) is 18.1 Å². The smallest absolute Gasteiger partial charge is 0.270 e. The van der Waals surface area contributed by atoms with Gasteiger partial charge in [-0.15, -0.1) is 0 Å². The van der Waals surface area contributed by atoms with Crippen LogP contribution < -0.4 is 9.47 Å². The van der Waals surface area contributed by atoms with Crippen LogP contribution >= 0.6 is 0 Å². The number of methoxy groups -OCH3 is 2. The second-order valence-electron chi connectivity index (χ2n) is 14.4. The van der Waals surface area contributed by atoms with Crippen molar-refractivity contribution in [2.24, 2.45) is 0 Å². The fraction of sp³-hybridized carbons (Fsp3) is 0.350. The first-order valence-electron chi connectivity index (χ1n) is 17.0. The molecule has 0 amide bonds. The highest BCUT2D eigenvalue weighted by Gasteiger charge is 2.51. The molecule has 4 aromatic carbocycles. The maximum atomic E-state index is 12.1. The molecular formula is C40H46N2O8Si. The quantitative estimate of drug-likeness (QED) is 0.0596. The van der Waals surface area contributed by atoms with Crippen LogP contribution in [0, 0.1) is 10.1 Å². The summed E-state index contributed by atoms with van der Waals surface area (Å²) in [6, 6.07) is 32.1. The van der Waals surface area contributed by atoms with Gasteiger partial charge in [-0.3, -0.25) is 10.1 Å². The van der Waals surface area contributed by atoms with Crippen molar-refractivity contribution in [3.8, 4) is 11.5 Å². The molecule has 1 aromatic heterocycles. The average molecular weight is 711 g/mol. The molecule has 0 radical (unpaired) electrons. The summed E-state index contributed by atoms with van der Waals surface area (Å²) < 4.78 is 33.8. The monoisotopic (exact) mass is 710 g/mol. The first-order chi connectivity index (χ1) is 24.3. The van der Waals surface area contributed by atoms with E-state index in [0.29, 0.717) is 22.4 Å². The third-order valence-electron chi connectivity index (χ3n) is 10.4. The molecule has 6 rings (SSSR count). The number of hydrogen-bond donors (Lipinski definition) is 1. The third kappa shape index (κ3) is 6.92. The predicted octanol–water partition coefficient (Wildman–Crippen LogP) is 8.22. The second kappa shape index (κ2) is 14.2. The molecule has 11 heteroatoms. The number of aliphatic hydroxyl groups excluding tert-OH is 1. The van der Waals surface area contributed by atoms with Gasteiger partial charge in [0.1, 0.15) is 35.4 Å². The largest absolute Gasteiger partial charge is 0.497 e. The lowest BCUT2D eigenvalue weighted by molar-refractivity contribution is -0.384. The van der Waals surface area contributed by atoms with E-state index >= 15 is 0 Å². The molecule has 2 heterocycles. The SMILES string of the molecule is COc1ccc(C(OC[C@H]2O[C@@H](n3ccc4cc([N+](=O)[O-])ccc43)[C@@H](O)C2O[Si](C)(C)C(C)(C)C)(c2ccccc2)c2ccc(OC)cc2)cc1. The summed E-state index contributed by atoms with van der Waals surface area (Å²) in [7, 11) is 0.833. The lowest BCUT2D eigenvalue weighted by Gasteiger charge is -2.41. The highest BCUT2D eigenvalue weighted by atomic mass is 28.4. The Bertz CT molecular complexity index is 1910. The minimum absolute atomic E-state index is 0.00660. The maximum absolute atomic E-state index is 12.1. The van der Waals surface area contributed by atoms with Crippen molar-refractivity contribution in [3.05, 3.63) is 136 Å².